The molecule has 114 valence electrons. The number of carbonyl (C=O) groups is 1. The molecule has 0 aromatic rings. The molecule has 1 fully saturated rings. The van der Waals surface area contributed by atoms with Crippen LogP contribution in [0, 0.1) is 16.7 Å². The summed E-state index contributed by atoms with van der Waals surface area (Å²) < 4.78 is 5.75. The number of amides is 1. The summed E-state index contributed by atoms with van der Waals surface area (Å²) in [7, 11) is 0. The summed E-state index contributed by atoms with van der Waals surface area (Å²) in [6, 6.07) is 2.30. The molecule has 1 amide bonds. The molecule has 5 heteroatoms. The highest BCUT2D eigenvalue weighted by Crippen LogP contribution is 2.45. The molecule has 0 aliphatic heterocycles. The van der Waals surface area contributed by atoms with Crippen molar-refractivity contribution in [2.75, 3.05) is 26.2 Å². The van der Waals surface area contributed by atoms with E-state index in [9.17, 15) is 4.79 Å². The molecule has 1 N–H and O–H groups in total. The van der Waals surface area contributed by atoms with Crippen LogP contribution in [-0.4, -0.2) is 49.2 Å². The van der Waals surface area contributed by atoms with Crippen LogP contribution in [0.4, 0.5) is 0 Å². The van der Waals surface area contributed by atoms with Crippen molar-refractivity contribution in [2.45, 2.75) is 52.7 Å². The number of ether oxygens (including phenoxy) is 1. The van der Waals surface area contributed by atoms with E-state index in [-0.39, 0.29) is 24.0 Å². The van der Waals surface area contributed by atoms with Gasteiger partial charge in [-0.3, -0.25) is 9.69 Å². The summed E-state index contributed by atoms with van der Waals surface area (Å²) in [6.45, 7) is 10.6. The van der Waals surface area contributed by atoms with Gasteiger partial charge in [0.15, 0.2) is 0 Å². The zero-order chi connectivity index (χ0) is 15.2. The Morgan fingerprint density at radius 2 is 2.20 bits per heavy atom. The fourth-order valence-corrected chi connectivity index (χ4v) is 2.98. The number of carbonyl (C=O) groups excluding carboxylic acids is 1. The minimum atomic E-state index is -0.0735. The molecule has 0 radical (unpaired) electrons. The Hall–Kier alpha value is -1.12. The average Bonchev–Trinajstić information content (AvgIpc) is 2.40. The minimum absolute atomic E-state index is 0.0701. The molecule has 0 aromatic carbocycles. The summed E-state index contributed by atoms with van der Waals surface area (Å²) >= 11 is 0. The summed E-state index contributed by atoms with van der Waals surface area (Å²) in [5.74, 6) is -0.0735. The first-order valence-electron chi connectivity index (χ1n) is 7.46. The Balaban J connectivity index is 2.59. The van der Waals surface area contributed by atoms with Crippen LogP contribution in [0.3, 0.4) is 0 Å². The Labute approximate surface area is 122 Å². The van der Waals surface area contributed by atoms with Gasteiger partial charge in [-0.1, -0.05) is 20.8 Å². The first-order valence-corrected chi connectivity index (χ1v) is 7.46. The zero-order valence-corrected chi connectivity index (χ0v) is 13.1. The van der Waals surface area contributed by atoms with Crippen LogP contribution in [0.15, 0.2) is 0 Å². The highest BCUT2D eigenvalue weighted by molar-refractivity contribution is 5.78. The van der Waals surface area contributed by atoms with Gasteiger partial charge in [-0.25, -0.2) is 0 Å². The maximum atomic E-state index is 11.8. The maximum absolute atomic E-state index is 11.8. The van der Waals surface area contributed by atoms with Crippen LogP contribution >= 0.6 is 0 Å². The van der Waals surface area contributed by atoms with Crippen LogP contribution in [0.1, 0.15) is 40.5 Å². The SMILES string of the molecule is CCCN(CC(=O)NCC#N)[C@H]1C[C@H](OCC)C1(C)C. The van der Waals surface area contributed by atoms with Crippen LogP contribution in [0.2, 0.25) is 0 Å². The molecule has 0 unspecified atom stereocenters. The van der Waals surface area contributed by atoms with Crippen LogP contribution in [0.25, 0.3) is 0 Å². The van der Waals surface area contributed by atoms with Crippen molar-refractivity contribution >= 4 is 5.91 Å². The second kappa shape index (κ2) is 7.61. The first-order chi connectivity index (χ1) is 9.47. The molecule has 0 saturated heterocycles. The molecule has 1 aliphatic carbocycles. The van der Waals surface area contributed by atoms with Gasteiger partial charge >= 0.3 is 0 Å². The van der Waals surface area contributed by atoms with Crippen LogP contribution in [-0.2, 0) is 9.53 Å². The zero-order valence-electron chi connectivity index (χ0n) is 13.1. The summed E-state index contributed by atoms with van der Waals surface area (Å²) in [4.78, 5) is 14.0. The molecule has 1 aliphatic rings. The lowest BCUT2D eigenvalue weighted by atomic mass is 9.63. The minimum Gasteiger partial charge on any atom is -0.378 e. The molecule has 2 atom stereocenters. The van der Waals surface area contributed by atoms with Crippen molar-refractivity contribution in [3.05, 3.63) is 0 Å². The molecule has 1 rings (SSSR count). The van der Waals surface area contributed by atoms with Gasteiger partial charge in [0.2, 0.25) is 5.91 Å². The monoisotopic (exact) mass is 281 g/mol. The Bertz CT molecular complexity index is 363. The summed E-state index contributed by atoms with van der Waals surface area (Å²) in [5, 5.41) is 11.1. The van der Waals surface area contributed by atoms with E-state index in [1.165, 1.54) is 0 Å². The van der Waals surface area contributed by atoms with Crippen molar-refractivity contribution in [3.63, 3.8) is 0 Å². The standard InChI is InChI=1S/C15H27N3O2/c1-5-9-18(11-14(19)17-8-7-16)12-10-13(20-6-2)15(12,3)4/h12-13H,5-6,8-11H2,1-4H3,(H,17,19)/t12-,13-/m0/s1. The topological polar surface area (TPSA) is 65.4 Å². The quantitative estimate of drug-likeness (QED) is 0.685. The lowest BCUT2D eigenvalue weighted by Crippen LogP contribution is -2.63. The van der Waals surface area contributed by atoms with E-state index in [1.807, 2.05) is 13.0 Å². The van der Waals surface area contributed by atoms with E-state index in [0.717, 1.165) is 26.0 Å². The maximum Gasteiger partial charge on any atom is 0.235 e. The molecule has 0 spiro atoms. The highest BCUT2D eigenvalue weighted by Gasteiger charge is 2.51. The van der Waals surface area contributed by atoms with Crippen molar-refractivity contribution in [3.8, 4) is 6.07 Å². The fraction of sp³-hybridized carbons (Fsp3) is 0.867. The van der Waals surface area contributed by atoms with Gasteiger partial charge in [0.05, 0.1) is 18.7 Å². The molecule has 1 saturated carbocycles. The first kappa shape index (κ1) is 16.9. The van der Waals surface area contributed by atoms with E-state index in [1.54, 1.807) is 0 Å². The molecule has 0 bridgehead atoms. The molecule has 0 aromatic heterocycles. The second-order valence-corrected chi connectivity index (χ2v) is 5.92. The smallest absolute Gasteiger partial charge is 0.235 e. The average molecular weight is 281 g/mol. The number of hydrogen-bond donors (Lipinski definition) is 1. The third-order valence-electron chi connectivity index (χ3n) is 4.16. The third kappa shape index (κ3) is 3.94. The number of hydrogen-bond acceptors (Lipinski definition) is 4. The van der Waals surface area contributed by atoms with Crippen molar-refractivity contribution in [1.29, 1.82) is 5.26 Å². The van der Waals surface area contributed by atoms with Gasteiger partial charge in [-0.2, -0.15) is 5.26 Å². The number of nitrogens with zero attached hydrogens (tertiary/aromatic N) is 2. The third-order valence-corrected chi connectivity index (χ3v) is 4.16. The number of rotatable bonds is 8. The Morgan fingerprint density at radius 1 is 1.50 bits per heavy atom. The second-order valence-electron chi connectivity index (χ2n) is 5.92. The van der Waals surface area contributed by atoms with E-state index in [2.05, 4.69) is 31.0 Å². The molecular formula is C15H27N3O2. The van der Waals surface area contributed by atoms with Gasteiger partial charge < -0.3 is 10.1 Å². The predicted molar refractivity (Wildman–Crippen MR) is 78.1 cm³/mol. The van der Waals surface area contributed by atoms with Crippen molar-refractivity contribution in [1.82, 2.24) is 10.2 Å². The van der Waals surface area contributed by atoms with Gasteiger partial charge in [-0.05, 0) is 26.3 Å². The lowest BCUT2D eigenvalue weighted by molar-refractivity contribution is -0.154. The summed E-state index contributed by atoms with van der Waals surface area (Å²) in [5.41, 5.74) is 0.0701. The number of nitrogens with one attached hydrogen (secondary N) is 1. The molecule has 5 nitrogen and oxygen atoms in total. The number of nitriles is 1. The van der Waals surface area contributed by atoms with Crippen molar-refractivity contribution < 1.29 is 9.53 Å². The lowest BCUT2D eigenvalue weighted by Gasteiger charge is -2.55. The van der Waals surface area contributed by atoms with E-state index in [4.69, 9.17) is 10.00 Å². The van der Waals surface area contributed by atoms with Gasteiger partial charge in [-0.15, -0.1) is 0 Å². The van der Waals surface area contributed by atoms with Crippen LogP contribution < -0.4 is 5.32 Å². The largest absolute Gasteiger partial charge is 0.378 e. The predicted octanol–water partition coefficient (Wildman–Crippen LogP) is 1.54. The van der Waals surface area contributed by atoms with Crippen molar-refractivity contribution in [2.24, 2.45) is 5.41 Å². The van der Waals surface area contributed by atoms with E-state index < -0.39 is 0 Å². The van der Waals surface area contributed by atoms with Gasteiger partial charge in [0.25, 0.3) is 0 Å². The molecule has 20 heavy (non-hydrogen) atoms. The Morgan fingerprint density at radius 3 is 2.70 bits per heavy atom. The molecule has 0 heterocycles. The normalized spacial score (nSPS) is 24.0. The highest BCUT2D eigenvalue weighted by atomic mass is 16.5. The van der Waals surface area contributed by atoms with E-state index in [0.29, 0.717) is 12.6 Å². The summed E-state index contributed by atoms with van der Waals surface area (Å²) in [6.07, 6.45) is 2.27. The van der Waals surface area contributed by atoms with Gasteiger partial charge in [0, 0.05) is 18.1 Å². The van der Waals surface area contributed by atoms with Gasteiger partial charge in [0.1, 0.15) is 6.54 Å². The van der Waals surface area contributed by atoms with Crippen LogP contribution in [0.5, 0.6) is 0 Å². The Kier molecular flexibility index (Phi) is 6.44. The van der Waals surface area contributed by atoms with E-state index >= 15 is 0 Å². The fourth-order valence-electron chi connectivity index (χ4n) is 2.98. The molecular weight excluding hydrogens is 254 g/mol.